The third-order valence-corrected chi connectivity index (χ3v) is 5.06. The molecule has 2 aliphatic rings. The molecule has 2 saturated heterocycles. The molecule has 0 spiro atoms. The molecule has 1 amide bonds. The van der Waals surface area contributed by atoms with Crippen LogP contribution in [0.4, 0.5) is 5.82 Å². The maximum absolute atomic E-state index is 12.7. The zero-order valence-electron chi connectivity index (χ0n) is 14.4. The fraction of sp³-hybridized carbons (Fsp3) is 0.500. The largest absolute Gasteiger partial charge is 0.368 e. The maximum Gasteiger partial charge on any atom is 0.293 e. The monoisotopic (exact) mass is 342 g/mol. The van der Waals surface area contributed by atoms with E-state index in [2.05, 4.69) is 4.98 Å². The lowest BCUT2D eigenvalue weighted by Gasteiger charge is -2.36. The Morgan fingerprint density at radius 3 is 2.68 bits per heavy atom. The lowest BCUT2D eigenvalue weighted by Crippen LogP contribution is -2.52. The number of benzene rings is 1. The molecule has 2 fully saturated rings. The van der Waals surface area contributed by atoms with Crippen molar-refractivity contribution in [2.24, 2.45) is 7.05 Å². The SMILES string of the molecule is Cn1c(=O)c(N2CCN(C(=O)[C@H]3CCCO3)CC2)nc2ccccc21. The van der Waals surface area contributed by atoms with Gasteiger partial charge in [-0.05, 0) is 25.0 Å². The highest BCUT2D eigenvalue weighted by Crippen LogP contribution is 2.18. The van der Waals surface area contributed by atoms with E-state index in [4.69, 9.17) is 4.74 Å². The van der Waals surface area contributed by atoms with Gasteiger partial charge in [0, 0.05) is 39.8 Å². The summed E-state index contributed by atoms with van der Waals surface area (Å²) in [5, 5.41) is 0. The molecule has 1 atom stereocenters. The number of hydrogen-bond acceptors (Lipinski definition) is 5. The highest BCUT2D eigenvalue weighted by atomic mass is 16.5. The first-order valence-electron chi connectivity index (χ1n) is 8.76. The summed E-state index contributed by atoms with van der Waals surface area (Å²) in [5.41, 5.74) is 1.53. The van der Waals surface area contributed by atoms with Gasteiger partial charge in [-0.25, -0.2) is 4.98 Å². The van der Waals surface area contributed by atoms with Gasteiger partial charge in [-0.3, -0.25) is 9.59 Å². The van der Waals surface area contributed by atoms with Crippen LogP contribution in [0.2, 0.25) is 0 Å². The number of nitrogens with zero attached hydrogens (tertiary/aromatic N) is 4. The molecule has 2 aromatic rings. The van der Waals surface area contributed by atoms with Crippen LogP contribution in [-0.4, -0.2) is 59.2 Å². The van der Waals surface area contributed by atoms with Crippen molar-refractivity contribution in [3.8, 4) is 0 Å². The zero-order valence-corrected chi connectivity index (χ0v) is 14.4. The molecule has 0 aliphatic carbocycles. The Morgan fingerprint density at radius 2 is 1.96 bits per heavy atom. The van der Waals surface area contributed by atoms with Crippen LogP contribution in [0.15, 0.2) is 29.1 Å². The second kappa shape index (κ2) is 6.48. The number of hydrogen-bond donors (Lipinski definition) is 0. The molecular formula is C18H22N4O3. The molecule has 7 nitrogen and oxygen atoms in total. The van der Waals surface area contributed by atoms with Crippen molar-refractivity contribution in [3.63, 3.8) is 0 Å². The number of fused-ring (bicyclic) bond motifs is 1. The number of aromatic nitrogens is 2. The second-order valence-corrected chi connectivity index (χ2v) is 6.60. The van der Waals surface area contributed by atoms with Crippen LogP contribution >= 0.6 is 0 Å². The number of para-hydroxylation sites is 2. The van der Waals surface area contributed by atoms with Crippen molar-refractivity contribution in [1.29, 1.82) is 0 Å². The number of amides is 1. The van der Waals surface area contributed by atoms with E-state index in [1.807, 2.05) is 34.1 Å². The predicted molar refractivity (Wildman–Crippen MR) is 94.8 cm³/mol. The van der Waals surface area contributed by atoms with Gasteiger partial charge in [0.05, 0.1) is 11.0 Å². The Hall–Kier alpha value is -2.41. The topological polar surface area (TPSA) is 67.7 Å². The van der Waals surface area contributed by atoms with Gasteiger partial charge in [-0.2, -0.15) is 0 Å². The van der Waals surface area contributed by atoms with E-state index in [-0.39, 0.29) is 17.6 Å². The predicted octanol–water partition coefficient (Wildman–Crippen LogP) is 0.761. The number of carbonyl (C=O) groups excluding carboxylic acids is 1. The number of ether oxygens (including phenoxy) is 1. The summed E-state index contributed by atoms with van der Waals surface area (Å²) in [6, 6.07) is 7.63. The van der Waals surface area contributed by atoms with Gasteiger partial charge in [0.1, 0.15) is 6.10 Å². The zero-order chi connectivity index (χ0) is 17.4. The summed E-state index contributed by atoms with van der Waals surface area (Å²) >= 11 is 0. The Kier molecular flexibility index (Phi) is 4.17. The van der Waals surface area contributed by atoms with E-state index in [0.29, 0.717) is 38.6 Å². The third kappa shape index (κ3) is 2.89. The van der Waals surface area contributed by atoms with E-state index < -0.39 is 0 Å². The van der Waals surface area contributed by atoms with Crippen molar-refractivity contribution < 1.29 is 9.53 Å². The van der Waals surface area contributed by atoms with Crippen LogP contribution in [0.3, 0.4) is 0 Å². The first kappa shape index (κ1) is 16.1. The average molecular weight is 342 g/mol. The van der Waals surface area contributed by atoms with Gasteiger partial charge in [-0.15, -0.1) is 0 Å². The molecule has 0 radical (unpaired) electrons. The number of anilines is 1. The Labute approximate surface area is 145 Å². The number of piperazine rings is 1. The molecule has 0 bridgehead atoms. The third-order valence-electron chi connectivity index (χ3n) is 5.06. The molecule has 0 unspecified atom stereocenters. The summed E-state index contributed by atoms with van der Waals surface area (Å²) in [6.07, 6.45) is 1.48. The van der Waals surface area contributed by atoms with E-state index >= 15 is 0 Å². The van der Waals surface area contributed by atoms with E-state index in [1.54, 1.807) is 11.6 Å². The van der Waals surface area contributed by atoms with Crippen molar-refractivity contribution in [3.05, 3.63) is 34.6 Å². The second-order valence-electron chi connectivity index (χ2n) is 6.60. The van der Waals surface area contributed by atoms with Crippen molar-refractivity contribution in [2.75, 3.05) is 37.7 Å². The van der Waals surface area contributed by atoms with Gasteiger partial charge in [0.2, 0.25) is 0 Å². The van der Waals surface area contributed by atoms with Gasteiger partial charge in [0.15, 0.2) is 5.82 Å². The summed E-state index contributed by atoms with van der Waals surface area (Å²) in [7, 11) is 1.77. The van der Waals surface area contributed by atoms with Crippen molar-refractivity contribution >= 4 is 22.8 Å². The molecule has 7 heteroatoms. The fourth-order valence-corrected chi connectivity index (χ4v) is 3.58. The minimum atomic E-state index is -0.279. The molecule has 0 saturated carbocycles. The van der Waals surface area contributed by atoms with Crippen LogP contribution < -0.4 is 10.5 Å². The van der Waals surface area contributed by atoms with Gasteiger partial charge >= 0.3 is 0 Å². The van der Waals surface area contributed by atoms with Gasteiger partial charge < -0.3 is 19.1 Å². The Balaban J connectivity index is 1.53. The molecule has 3 heterocycles. The number of aryl methyl sites for hydroxylation is 1. The van der Waals surface area contributed by atoms with Crippen LogP contribution in [0, 0.1) is 0 Å². The Bertz CT molecular complexity index is 849. The molecular weight excluding hydrogens is 320 g/mol. The normalized spacial score (nSPS) is 21.1. The maximum atomic E-state index is 12.7. The van der Waals surface area contributed by atoms with Crippen LogP contribution in [0.5, 0.6) is 0 Å². The van der Waals surface area contributed by atoms with E-state index in [1.165, 1.54) is 0 Å². The number of carbonyl (C=O) groups is 1. The minimum absolute atomic E-state index is 0.0801. The van der Waals surface area contributed by atoms with Gasteiger partial charge in [-0.1, -0.05) is 12.1 Å². The van der Waals surface area contributed by atoms with Crippen LogP contribution in [0.1, 0.15) is 12.8 Å². The molecule has 0 N–H and O–H groups in total. The van der Waals surface area contributed by atoms with E-state index in [9.17, 15) is 9.59 Å². The number of rotatable bonds is 2. The molecule has 4 rings (SSSR count). The van der Waals surface area contributed by atoms with E-state index in [0.717, 1.165) is 23.9 Å². The van der Waals surface area contributed by atoms with Crippen molar-refractivity contribution in [2.45, 2.75) is 18.9 Å². The van der Waals surface area contributed by atoms with Crippen molar-refractivity contribution in [1.82, 2.24) is 14.5 Å². The molecule has 1 aromatic carbocycles. The quantitative estimate of drug-likeness (QED) is 0.806. The fourth-order valence-electron chi connectivity index (χ4n) is 3.58. The highest BCUT2D eigenvalue weighted by Gasteiger charge is 2.31. The molecule has 25 heavy (non-hydrogen) atoms. The minimum Gasteiger partial charge on any atom is -0.368 e. The van der Waals surface area contributed by atoms with Gasteiger partial charge in [0.25, 0.3) is 11.5 Å². The lowest BCUT2D eigenvalue weighted by molar-refractivity contribution is -0.141. The summed E-state index contributed by atoms with van der Waals surface area (Å²) in [4.78, 5) is 33.5. The molecule has 132 valence electrons. The van der Waals surface area contributed by atoms with Crippen LogP contribution in [0.25, 0.3) is 11.0 Å². The highest BCUT2D eigenvalue weighted by molar-refractivity contribution is 5.81. The summed E-state index contributed by atoms with van der Waals surface area (Å²) < 4.78 is 7.13. The molecule has 2 aliphatic heterocycles. The first-order chi connectivity index (χ1) is 12.1. The van der Waals surface area contributed by atoms with Crippen LogP contribution in [-0.2, 0) is 16.6 Å². The standard InChI is InChI=1S/C18H22N4O3/c1-20-14-6-3-2-5-13(14)19-16(18(20)24)21-8-10-22(11-9-21)17(23)15-7-4-12-25-15/h2-3,5-6,15H,4,7-12H2,1H3/t15-/m1/s1. The first-order valence-corrected chi connectivity index (χ1v) is 8.76. The summed E-state index contributed by atoms with van der Waals surface area (Å²) in [5.74, 6) is 0.543. The summed E-state index contributed by atoms with van der Waals surface area (Å²) in [6.45, 7) is 3.08. The smallest absolute Gasteiger partial charge is 0.293 e. The Morgan fingerprint density at radius 1 is 1.20 bits per heavy atom. The average Bonchev–Trinajstić information content (AvgIpc) is 3.19. The molecule has 1 aromatic heterocycles. The lowest BCUT2D eigenvalue weighted by atomic mass is 10.2.